The van der Waals surface area contributed by atoms with Crippen molar-refractivity contribution in [2.24, 2.45) is 0 Å². The molecule has 7 nitrogen and oxygen atoms in total. The summed E-state index contributed by atoms with van der Waals surface area (Å²) in [6.07, 6.45) is 0.408. The number of aliphatic hydroxyl groups excluding tert-OH is 1. The zero-order valence-electron chi connectivity index (χ0n) is 15.9. The molecule has 1 aromatic heterocycles. The van der Waals surface area contributed by atoms with Gasteiger partial charge in [0.2, 0.25) is 5.91 Å². The van der Waals surface area contributed by atoms with Gasteiger partial charge in [-0.2, -0.15) is 0 Å². The van der Waals surface area contributed by atoms with Gasteiger partial charge in [0.1, 0.15) is 0 Å². The van der Waals surface area contributed by atoms with E-state index in [1.807, 2.05) is 0 Å². The number of rotatable bonds is 8. The molecule has 0 saturated carbocycles. The third-order valence-electron chi connectivity index (χ3n) is 4.28. The van der Waals surface area contributed by atoms with Crippen LogP contribution in [0, 0.1) is 0 Å². The van der Waals surface area contributed by atoms with E-state index >= 15 is 0 Å². The van der Waals surface area contributed by atoms with Gasteiger partial charge in [-0.05, 0) is 37.6 Å². The molecule has 3 rings (SSSR count). The number of thioether (sulfide) groups is 1. The zero-order chi connectivity index (χ0) is 20.8. The van der Waals surface area contributed by atoms with Crippen molar-refractivity contribution in [2.75, 3.05) is 17.7 Å². The Morgan fingerprint density at radius 2 is 1.86 bits per heavy atom. The number of amides is 1. The smallest absolute Gasteiger partial charge is 0.262 e. The Kier molecular flexibility index (Phi) is 6.79. The number of aliphatic hydroxyl groups is 1. The van der Waals surface area contributed by atoms with E-state index in [2.05, 4.69) is 10.3 Å². The highest BCUT2D eigenvalue weighted by Gasteiger charge is 2.14. The van der Waals surface area contributed by atoms with Crippen molar-refractivity contribution < 1.29 is 14.7 Å². The number of ketones is 1. The Bertz CT molecular complexity index is 1110. The lowest BCUT2D eigenvalue weighted by Gasteiger charge is -2.13. The summed E-state index contributed by atoms with van der Waals surface area (Å²) in [4.78, 5) is 41.5. The molecule has 0 aliphatic heterocycles. The summed E-state index contributed by atoms with van der Waals surface area (Å²) in [5, 5.41) is 12.8. The fourth-order valence-corrected chi connectivity index (χ4v) is 3.72. The van der Waals surface area contributed by atoms with E-state index in [0.717, 1.165) is 11.8 Å². The van der Waals surface area contributed by atoms with Crippen LogP contribution >= 0.6 is 11.8 Å². The lowest BCUT2D eigenvalue weighted by Crippen LogP contribution is -2.25. The van der Waals surface area contributed by atoms with Crippen LogP contribution in [0.3, 0.4) is 0 Å². The number of nitrogens with one attached hydrogen (secondary N) is 1. The molecule has 0 fully saturated rings. The molecule has 0 unspecified atom stereocenters. The Morgan fingerprint density at radius 1 is 1.14 bits per heavy atom. The minimum atomic E-state index is -0.306. The number of carbonyl (C=O) groups excluding carboxylic acids is 2. The Balaban J connectivity index is 1.82. The number of fused-ring (bicyclic) bond motifs is 1. The summed E-state index contributed by atoms with van der Waals surface area (Å²) < 4.78 is 1.49. The minimum absolute atomic E-state index is 0.0240. The number of aromatic nitrogens is 2. The summed E-state index contributed by atoms with van der Waals surface area (Å²) in [6, 6.07) is 13.8. The Labute approximate surface area is 171 Å². The highest BCUT2D eigenvalue weighted by Crippen LogP contribution is 2.20. The fourth-order valence-electron chi connectivity index (χ4n) is 2.90. The average molecular weight is 411 g/mol. The molecule has 0 bridgehead atoms. The molecule has 1 heterocycles. The number of anilines is 1. The van der Waals surface area contributed by atoms with Crippen LogP contribution in [0.2, 0.25) is 0 Å². The van der Waals surface area contributed by atoms with Crippen molar-refractivity contribution in [3.05, 3.63) is 64.4 Å². The van der Waals surface area contributed by atoms with Crippen molar-refractivity contribution in [2.45, 2.75) is 25.0 Å². The SMILES string of the molecule is CC(=O)c1ccccc1NC(=O)CSc1nc2ccccc2c(=O)n1CCCO. The lowest BCUT2D eigenvalue weighted by atomic mass is 10.1. The Hall–Kier alpha value is -2.97. The quantitative estimate of drug-likeness (QED) is 0.336. The molecule has 0 atom stereocenters. The number of hydrogen-bond acceptors (Lipinski definition) is 6. The first kappa shape index (κ1) is 20.8. The summed E-state index contributed by atoms with van der Waals surface area (Å²) in [5.41, 5.74) is 1.25. The summed E-state index contributed by atoms with van der Waals surface area (Å²) in [5.74, 6) is -0.418. The molecule has 29 heavy (non-hydrogen) atoms. The van der Waals surface area contributed by atoms with E-state index in [9.17, 15) is 14.4 Å². The van der Waals surface area contributed by atoms with Gasteiger partial charge in [-0.15, -0.1) is 0 Å². The van der Waals surface area contributed by atoms with Gasteiger partial charge in [-0.3, -0.25) is 19.0 Å². The van der Waals surface area contributed by atoms with E-state index < -0.39 is 0 Å². The van der Waals surface area contributed by atoms with E-state index in [1.54, 1.807) is 48.5 Å². The van der Waals surface area contributed by atoms with Crippen LogP contribution in [0.15, 0.2) is 58.5 Å². The van der Waals surface area contributed by atoms with Crippen LogP contribution < -0.4 is 10.9 Å². The predicted octanol–water partition coefficient (Wildman–Crippen LogP) is 2.71. The summed E-state index contributed by atoms with van der Waals surface area (Å²) >= 11 is 1.14. The fraction of sp³-hybridized carbons (Fsp3) is 0.238. The molecule has 150 valence electrons. The van der Waals surface area contributed by atoms with E-state index in [-0.39, 0.29) is 29.6 Å². The third kappa shape index (κ3) is 4.90. The van der Waals surface area contributed by atoms with E-state index in [0.29, 0.717) is 40.3 Å². The second-order valence-corrected chi connectivity index (χ2v) is 7.33. The molecule has 1 amide bonds. The van der Waals surface area contributed by atoms with Gasteiger partial charge in [0, 0.05) is 18.7 Å². The minimum Gasteiger partial charge on any atom is -0.396 e. The molecule has 2 N–H and O–H groups in total. The van der Waals surface area contributed by atoms with Gasteiger partial charge in [0.05, 0.1) is 22.3 Å². The van der Waals surface area contributed by atoms with Crippen LogP contribution in [-0.4, -0.2) is 38.7 Å². The molecule has 0 spiro atoms. The maximum atomic E-state index is 12.8. The highest BCUT2D eigenvalue weighted by molar-refractivity contribution is 7.99. The van der Waals surface area contributed by atoms with E-state index in [4.69, 9.17) is 5.11 Å². The first-order valence-corrected chi connectivity index (χ1v) is 10.1. The Morgan fingerprint density at radius 3 is 2.62 bits per heavy atom. The van der Waals surface area contributed by atoms with Gasteiger partial charge in [-0.25, -0.2) is 4.98 Å². The van der Waals surface area contributed by atoms with Crippen LogP contribution in [0.1, 0.15) is 23.7 Å². The number of benzene rings is 2. The molecular weight excluding hydrogens is 390 g/mol. The maximum Gasteiger partial charge on any atom is 0.262 e. The lowest BCUT2D eigenvalue weighted by molar-refractivity contribution is -0.113. The number of nitrogens with zero attached hydrogens (tertiary/aromatic N) is 2. The second kappa shape index (κ2) is 9.49. The molecule has 0 radical (unpaired) electrons. The molecule has 8 heteroatoms. The zero-order valence-corrected chi connectivity index (χ0v) is 16.7. The number of carbonyl (C=O) groups is 2. The van der Waals surface area contributed by atoms with Crippen LogP contribution in [0.4, 0.5) is 5.69 Å². The topological polar surface area (TPSA) is 101 Å². The molecular formula is C21H21N3O4S. The van der Waals surface area contributed by atoms with Crippen molar-refractivity contribution in [1.29, 1.82) is 0 Å². The van der Waals surface area contributed by atoms with Crippen molar-refractivity contribution in [3.63, 3.8) is 0 Å². The standard InChI is InChI=1S/C21H21N3O4S/c1-14(26)15-7-2-4-9-17(15)22-19(27)13-29-21-23-18-10-5-3-8-16(18)20(28)24(21)11-6-12-25/h2-5,7-10,25H,6,11-13H2,1H3,(H,22,27). The van der Waals surface area contributed by atoms with Crippen LogP contribution in [0.5, 0.6) is 0 Å². The first-order valence-electron chi connectivity index (χ1n) is 9.14. The van der Waals surface area contributed by atoms with Crippen LogP contribution in [0.25, 0.3) is 10.9 Å². The number of hydrogen-bond donors (Lipinski definition) is 2. The highest BCUT2D eigenvalue weighted by atomic mass is 32.2. The van der Waals surface area contributed by atoms with Gasteiger partial charge in [0.25, 0.3) is 5.56 Å². The van der Waals surface area contributed by atoms with Crippen molar-refractivity contribution >= 4 is 40.0 Å². The second-order valence-electron chi connectivity index (χ2n) is 6.38. The molecule has 3 aromatic rings. The van der Waals surface area contributed by atoms with Gasteiger partial charge < -0.3 is 10.4 Å². The number of Topliss-reactive ketones (excluding diaryl/α,β-unsaturated/α-hetero) is 1. The normalized spacial score (nSPS) is 10.8. The van der Waals surface area contributed by atoms with Crippen LogP contribution in [-0.2, 0) is 11.3 Å². The first-order chi connectivity index (χ1) is 14.0. The summed E-state index contributed by atoms with van der Waals surface area (Å²) in [7, 11) is 0. The monoisotopic (exact) mass is 411 g/mol. The van der Waals surface area contributed by atoms with Gasteiger partial charge >= 0.3 is 0 Å². The van der Waals surface area contributed by atoms with E-state index in [1.165, 1.54) is 11.5 Å². The third-order valence-corrected chi connectivity index (χ3v) is 5.26. The molecule has 2 aromatic carbocycles. The van der Waals surface area contributed by atoms with Crippen molar-refractivity contribution in [1.82, 2.24) is 9.55 Å². The predicted molar refractivity (Wildman–Crippen MR) is 114 cm³/mol. The van der Waals surface area contributed by atoms with Gasteiger partial charge in [0.15, 0.2) is 10.9 Å². The largest absolute Gasteiger partial charge is 0.396 e. The van der Waals surface area contributed by atoms with Gasteiger partial charge in [-0.1, -0.05) is 36.0 Å². The molecule has 0 saturated heterocycles. The van der Waals surface area contributed by atoms with Crippen molar-refractivity contribution in [3.8, 4) is 0 Å². The number of para-hydroxylation sites is 2. The molecule has 0 aliphatic carbocycles. The average Bonchev–Trinajstić information content (AvgIpc) is 2.72. The molecule has 0 aliphatic rings. The maximum absolute atomic E-state index is 12.8. The summed E-state index contributed by atoms with van der Waals surface area (Å²) in [6.45, 7) is 1.70.